The van der Waals surface area contributed by atoms with Crippen LogP contribution in [0.25, 0.3) is 0 Å². The average Bonchev–Trinajstić information content (AvgIpc) is 3.49. The number of benzene rings is 3. The molecule has 1 saturated heterocycles. The summed E-state index contributed by atoms with van der Waals surface area (Å²) < 4.78 is 26.0. The van der Waals surface area contributed by atoms with Gasteiger partial charge in [0.2, 0.25) is 0 Å². The number of rotatable bonds is 10. The minimum absolute atomic E-state index is 0.0967. The van der Waals surface area contributed by atoms with Gasteiger partial charge in [0.25, 0.3) is 12.4 Å². The molecule has 3 aromatic rings. The fourth-order valence-electron chi connectivity index (χ4n) is 5.45. The maximum absolute atomic E-state index is 14.1. The van der Waals surface area contributed by atoms with Crippen molar-refractivity contribution in [3.8, 4) is 0 Å². The zero-order valence-corrected chi connectivity index (χ0v) is 21.6. The Morgan fingerprint density at radius 3 is 2.66 bits per heavy atom. The van der Waals surface area contributed by atoms with Crippen LogP contribution in [0.5, 0.6) is 0 Å². The molecule has 3 atom stereocenters. The Hall–Kier alpha value is -3.68. The Labute approximate surface area is 225 Å². The van der Waals surface area contributed by atoms with Gasteiger partial charge in [0.15, 0.2) is 0 Å². The zero-order chi connectivity index (χ0) is 26.7. The predicted molar refractivity (Wildman–Crippen MR) is 145 cm³/mol. The summed E-state index contributed by atoms with van der Waals surface area (Å²) in [5.41, 5.74) is 2.73. The third kappa shape index (κ3) is 5.04. The van der Waals surface area contributed by atoms with E-state index in [1.807, 2.05) is 54.6 Å². The van der Waals surface area contributed by atoms with Crippen molar-refractivity contribution in [2.24, 2.45) is 0 Å². The van der Waals surface area contributed by atoms with Crippen LogP contribution in [0.2, 0.25) is 5.02 Å². The van der Waals surface area contributed by atoms with Crippen molar-refractivity contribution >= 4 is 35.4 Å². The lowest BCUT2D eigenvalue weighted by atomic mass is 9.75. The van der Waals surface area contributed by atoms with Gasteiger partial charge < -0.3 is 20.1 Å². The third-order valence-electron chi connectivity index (χ3n) is 7.32. The molecule has 1 amide bonds. The number of hydrogen-bond acceptors (Lipinski definition) is 5. The van der Waals surface area contributed by atoms with Crippen LogP contribution in [0, 0.1) is 12.7 Å². The molecule has 2 N–H and O–H groups in total. The highest BCUT2D eigenvalue weighted by atomic mass is 35.5. The first-order valence-electron chi connectivity index (χ1n) is 12.5. The van der Waals surface area contributed by atoms with E-state index in [4.69, 9.17) is 21.1 Å². The van der Waals surface area contributed by atoms with E-state index in [0.29, 0.717) is 53.2 Å². The second kappa shape index (κ2) is 11.0. The number of amides is 1. The first-order valence-corrected chi connectivity index (χ1v) is 12.9. The summed E-state index contributed by atoms with van der Waals surface area (Å²) in [4.78, 5) is 24.8. The van der Waals surface area contributed by atoms with Gasteiger partial charge in [-0.05, 0) is 67.6 Å². The molecule has 0 aliphatic carbocycles. The number of aryl methyl sites for hydroxylation is 1. The van der Waals surface area contributed by atoms with Crippen LogP contribution in [0.3, 0.4) is 0 Å². The summed E-state index contributed by atoms with van der Waals surface area (Å²) in [6.07, 6.45) is 1.26. The molecule has 2 aliphatic heterocycles. The largest absolute Gasteiger partial charge is 0.463 e. The van der Waals surface area contributed by atoms with Crippen molar-refractivity contribution in [2.75, 3.05) is 17.2 Å². The number of nitrogens with one attached hydrogen (secondary N) is 2. The Morgan fingerprint density at radius 2 is 1.92 bits per heavy atom. The molecule has 1 fully saturated rings. The molecule has 8 heteroatoms. The topological polar surface area (TPSA) is 76.7 Å². The molecule has 196 valence electrons. The number of halogens is 2. The number of hydrogen-bond donors (Lipinski definition) is 2. The molecule has 2 aliphatic rings. The first-order chi connectivity index (χ1) is 18.4. The van der Waals surface area contributed by atoms with Gasteiger partial charge >= 0.3 is 0 Å². The van der Waals surface area contributed by atoms with E-state index >= 15 is 0 Å². The summed E-state index contributed by atoms with van der Waals surface area (Å²) in [5, 5.41) is 7.04. The molecule has 38 heavy (non-hydrogen) atoms. The molecule has 0 radical (unpaired) electrons. The minimum atomic E-state index is -0.923. The van der Waals surface area contributed by atoms with Crippen molar-refractivity contribution in [2.45, 2.75) is 43.9 Å². The van der Waals surface area contributed by atoms with Crippen LogP contribution in [0.1, 0.15) is 24.0 Å². The lowest BCUT2D eigenvalue weighted by Gasteiger charge is -2.38. The quantitative estimate of drug-likeness (QED) is 0.319. The van der Waals surface area contributed by atoms with Gasteiger partial charge in [0, 0.05) is 22.0 Å². The third-order valence-corrected chi connectivity index (χ3v) is 7.69. The van der Waals surface area contributed by atoms with E-state index in [1.165, 1.54) is 6.07 Å². The predicted octanol–water partition coefficient (Wildman–Crippen LogP) is 5.85. The van der Waals surface area contributed by atoms with Gasteiger partial charge in [-0.3, -0.25) is 9.59 Å². The molecular formula is C30H28ClFN2O4. The van der Waals surface area contributed by atoms with E-state index in [9.17, 15) is 14.0 Å². The lowest BCUT2D eigenvalue weighted by Crippen LogP contribution is -2.49. The molecule has 2 bridgehead atoms. The molecule has 3 aromatic carbocycles. The number of anilines is 2. The van der Waals surface area contributed by atoms with E-state index in [-0.39, 0.29) is 12.6 Å². The molecule has 0 aromatic heterocycles. The smallest absolute Gasteiger partial charge is 0.293 e. The molecule has 0 spiro atoms. The molecule has 0 saturated carbocycles. The SMILES string of the molecule is Cc1ccc(NC(=O)C2=C(COC=O)C3(C(Cc4ccccc4Cl)Nc4ccccc4)CCC2O3)cc1F. The van der Waals surface area contributed by atoms with E-state index in [0.717, 1.165) is 11.3 Å². The fourth-order valence-corrected chi connectivity index (χ4v) is 5.67. The van der Waals surface area contributed by atoms with E-state index < -0.39 is 23.4 Å². The summed E-state index contributed by atoms with van der Waals surface area (Å²) in [6.45, 7) is 1.93. The number of carbonyl (C=O) groups is 2. The van der Waals surface area contributed by atoms with Crippen LogP contribution >= 0.6 is 11.6 Å². The fraction of sp³-hybridized carbons (Fsp3) is 0.267. The minimum Gasteiger partial charge on any atom is -0.463 e. The van der Waals surface area contributed by atoms with E-state index in [2.05, 4.69) is 10.6 Å². The number of carbonyl (C=O) groups excluding carboxylic acids is 2. The van der Waals surface area contributed by atoms with Gasteiger partial charge in [0.1, 0.15) is 18.0 Å². The Balaban J connectivity index is 1.55. The maximum atomic E-state index is 14.1. The summed E-state index contributed by atoms with van der Waals surface area (Å²) in [6, 6.07) is 21.6. The van der Waals surface area contributed by atoms with Crippen LogP contribution in [0.4, 0.5) is 15.8 Å². The van der Waals surface area contributed by atoms with Crippen molar-refractivity contribution in [1.82, 2.24) is 0 Å². The summed E-state index contributed by atoms with van der Waals surface area (Å²) in [7, 11) is 0. The van der Waals surface area contributed by atoms with Crippen LogP contribution < -0.4 is 10.6 Å². The van der Waals surface area contributed by atoms with Crippen molar-refractivity contribution in [3.63, 3.8) is 0 Å². The standard InChI is InChI=1S/C30H28ClFN2O4/c1-19-11-12-22(16-25(19)32)34-29(36)28-23(17-37-18-35)30(14-13-26(28)38-30)27(33-21-8-3-2-4-9-21)15-20-7-5-6-10-24(20)31/h2-12,16,18,26-27,33H,13-15,17H2,1H3,(H,34,36). The Kier molecular flexibility index (Phi) is 7.49. The Bertz CT molecular complexity index is 1380. The summed E-state index contributed by atoms with van der Waals surface area (Å²) >= 11 is 6.54. The van der Waals surface area contributed by atoms with Gasteiger partial charge in [0.05, 0.1) is 17.7 Å². The van der Waals surface area contributed by atoms with Crippen LogP contribution in [-0.4, -0.2) is 36.7 Å². The zero-order valence-electron chi connectivity index (χ0n) is 20.9. The second-order valence-electron chi connectivity index (χ2n) is 9.61. The molecule has 6 nitrogen and oxygen atoms in total. The highest BCUT2D eigenvalue weighted by Crippen LogP contribution is 2.51. The maximum Gasteiger partial charge on any atom is 0.293 e. The van der Waals surface area contributed by atoms with Gasteiger partial charge in [-0.1, -0.05) is 54.1 Å². The monoisotopic (exact) mass is 534 g/mol. The molecule has 3 unspecified atom stereocenters. The van der Waals surface area contributed by atoms with Crippen molar-refractivity contribution in [1.29, 1.82) is 0 Å². The number of para-hydroxylation sites is 1. The first kappa shape index (κ1) is 25.9. The average molecular weight is 535 g/mol. The lowest BCUT2D eigenvalue weighted by molar-refractivity contribution is -0.128. The van der Waals surface area contributed by atoms with Gasteiger partial charge in [-0.25, -0.2) is 4.39 Å². The van der Waals surface area contributed by atoms with Crippen molar-refractivity contribution < 1.29 is 23.5 Å². The molecular weight excluding hydrogens is 507 g/mol. The molecule has 5 rings (SSSR count). The van der Waals surface area contributed by atoms with Crippen molar-refractivity contribution in [3.05, 3.63) is 106 Å². The van der Waals surface area contributed by atoms with Gasteiger partial charge in [-0.15, -0.1) is 0 Å². The Morgan fingerprint density at radius 1 is 1.16 bits per heavy atom. The highest BCUT2D eigenvalue weighted by Gasteiger charge is 2.58. The molecule has 2 heterocycles. The highest BCUT2D eigenvalue weighted by molar-refractivity contribution is 6.31. The number of ether oxygens (including phenoxy) is 2. The van der Waals surface area contributed by atoms with E-state index in [1.54, 1.807) is 19.1 Å². The number of fused-ring (bicyclic) bond motifs is 2. The van der Waals surface area contributed by atoms with Gasteiger partial charge in [-0.2, -0.15) is 0 Å². The van der Waals surface area contributed by atoms with Crippen LogP contribution in [0.15, 0.2) is 83.9 Å². The summed E-state index contributed by atoms with van der Waals surface area (Å²) in [5.74, 6) is -0.811. The second-order valence-corrected chi connectivity index (χ2v) is 10.0. The normalized spacial score (nSPS) is 20.8. The van der Waals surface area contributed by atoms with Crippen LogP contribution in [-0.2, 0) is 25.5 Å².